The molecule has 0 atom stereocenters. The first-order valence-corrected chi connectivity index (χ1v) is 9.21. The zero-order valence-corrected chi connectivity index (χ0v) is 15.7. The highest BCUT2D eigenvalue weighted by Gasteiger charge is 2.31. The summed E-state index contributed by atoms with van der Waals surface area (Å²) in [5, 5.41) is 6.73. The van der Waals surface area contributed by atoms with E-state index in [0.29, 0.717) is 11.5 Å². The van der Waals surface area contributed by atoms with Crippen molar-refractivity contribution in [3.05, 3.63) is 18.2 Å². The number of guanidine groups is 1. The van der Waals surface area contributed by atoms with Gasteiger partial charge in [-0.1, -0.05) is 0 Å². The van der Waals surface area contributed by atoms with Crippen molar-refractivity contribution in [2.75, 3.05) is 52.6 Å². The lowest BCUT2D eigenvalue weighted by Gasteiger charge is -2.36. The van der Waals surface area contributed by atoms with Crippen molar-refractivity contribution in [2.45, 2.75) is 17.6 Å². The van der Waals surface area contributed by atoms with Crippen molar-refractivity contribution in [3.8, 4) is 11.5 Å². The lowest BCUT2D eigenvalue weighted by atomic mass is 9.99. The Labute approximate surface area is 148 Å². The van der Waals surface area contributed by atoms with Crippen LogP contribution in [0.15, 0.2) is 23.2 Å². The lowest BCUT2D eigenvalue weighted by molar-refractivity contribution is 0.0783. The van der Waals surface area contributed by atoms with Gasteiger partial charge in [-0.3, -0.25) is 4.99 Å². The minimum absolute atomic E-state index is 0.202. The quantitative estimate of drug-likeness (QED) is 0.605. The second kappa shape index (κ2) is 9.03. The van der Waals surface area contributed by atoms with Crippen molar-refractivity contribution in [3.63, 3.8) is 0 Å². The molecule has 0 unspecified atom stereocenters. The van der Waals surface area contributed by atoms with Crippen LogP contribution in [0.4, 0.5) is 5.69 Å². The SMILES string of the molecule is CN=C(NCC1(SC)CCOCC1)Nc1ccc(OC)c(OC)c1. The fourth-order valence-corrected chi connectivity index (χ4v) is 3.46. The van der Waals surface area contributed by atoms with Crippen LogP contribution in [-0.2, 0) is 4.74 Å². The summed E-state index contributed by atoms with van der Waals surface area (Å²) >= 11 is 1.90. The van der Waals surface area contributed by atoms with E-state index in [-0.39, 0.29) is 4.75 Å². The maximum Gasteiger partial charge on any atom is 0.195 e. The number of ether oxygens (including phenoxy) is 3. The molecule has 0 spiro atoms. The first-order valence-electron chi connectivity index (χ1n) is 7.99. The highest BCUT2D eigenvalue weighted by atomic mass is 32.2. The van der Waals surface area contributed by atoms with Crippen LogP contribution < -0.4 is 20.1 Å². The predicted molar refractivity (Wildman–Crippen MR) is 101 cm³/mol. The second-order valence-corrected chi connectivity index (χ2v) is 6.89. The number of nitrogens with one attached hydrogen (secondary N) is 2. The normalized spacial score (nSPS) is 17.2. The number of anilines is 1. The molecule has 1 aliphatic rings. The van der Waals surface area contributed by atoms with E-state index in [2.05, 4.69) is 21.9 Å². The van der Waals surface area contributed by atoms with Gasteiger partial charge in [-0.15, -0.1) is 0 Å². The van der Waals surface area contributed by atoms with E-state index < -0.39 is 0 Å². The van der Waals surface area contributed by atoms with Gasteiger partial charge < -0.3 is 24.8 Å². The maximum atomic E-state index is 5.49. The van der Waals surface area contributed by atoms with Gasteiger partial charge in [0.2, 0.25) is 0 Å². The van der Waals surface area contributed by atoms with Crippen LogP contribution in [0, 0.1) is 0 Å². The molecule has 1 aromatic carbocycles. The van der Waals surface area contributed by atoms with Crippen molar-refractivity contribution >= 4 is 23.4 Å². The molecule has 1 aliphatic heterocycles. The van der Waals surface area contributed by atoms with Gasteiger partial charge in [0.05, 0.1) is 14.2 Å². The molecule has 134 valence electrons. The van der Waals surface area contributed by atoms with Gasteiger partial charge in [0, 0.05) is 43.3 Å². The van der Waals surface area contributed by atoms with Crippen LogP contribution in [0.2, 0.25) is 0 Å². The largest absolute Gasteiger partial charge is 0.493 e. The second-order valence-electron chi connectivity index (χ2n) is 5.62. The number of benzene rings is 1. The summed E-state index contributed by atoms with van der Waals surface area (Å²) in [5.41, 5.74) is 0.894. The number of nitrogens with zero attached hydrogens (tertiary/aromatic N) is 1. The Morgan fingerprint density at radius 3 is 2.54 bits per heavy atom. The summed E-state index contributed by atoms with van der Waals surface area (Å²) in [5.74, 6) is 2.12. The number of hydrogen-bond donors (Lipinski definition) is 2. The highest BCUT2D eigenvalue weighted by Crippen LogP contribution is 2.33. The molecule has 0 bridgehead atoms. The molecular weight excluding hydrogens is 326 g/mol. The molecule has 0 aliphatic carbocycles. The molecule has 1 fully saturated rings. The summed E-state index contributed by atoms with van der Waals surface area (Å²) in [6, 6.07) is 5.70. The number of hydrogen-bond acceptors (Lipinski definition) is 5. The van der Waals surface area contributed by atoms with Gasteiger partial charge in [-0.25, -0.2) is 0 Å². The Bertz CT molecular complexity index is 560. The van der Waals surface area contributed by atoms with Crippen LogP contribution in [0.5, 0.6) is 11.5 Å². The molecule has 1 saturated heterocycles. The zero-order valence-electron chi connectivity index (χ0n) is 14.8. The van der Waals surface area contributed by atoms with Crippen molar-refractivity contribution in [1.29, 1.82) is 0 Å². The molecule has 0 amide bonds. The first kappa shape index (κ1) is 18.7. The van der Waals surface area contributed by atoms with E-state index in [0.717, 1.165) is 44.2 Å². The molecule has 0 aromatic heterocycles. The number of methoxy groups -OCH3 is 2. The molecular formula is C17H27N3O3S. The number of rotatable bonds is 6. The van der Waals surface area contributed by atoms with Gasteiger partial charge in [-0.2, -0.15) is 11.8 Å². The van der Waals surface area contributed by atoms with Crippen molar-refractivity contribution < 1.29 is 14.2 Å². The summed E-state index contributed by atoms with van der Waals surface area (Å²) in [6.45, 7) is 2.50. The van der Waals surface area contributed by atoms with Crippen LogP contribution in [0.3, 0.4) is 0 Å². The maximum absolute atomic E-state index is 5.49. The van der Waals surface area contributed by atoms with Gasteiger partial charge in [0.15, 0.2) is 17.5 Å². The van der Waals surface area contributed by atoms with Crippen LogP contribution in [0.1, 0.15) is 12.8 Å². The first-order chi connectivity index (χ1) is 11.7. The Hall–Kier alpha value is -1.60. The minimum Gasteiger partial charge on any atom is -0.493 e. The third kappa shape index (κ3) is 4.70. The molecule has 2 N–H and O–H groups in total. The third-order valence-corrected chi connectivity index (χ3v) is 5.70. The molecule has 24 heavy (non-hydrogen) atoms. The standard InChI is InChI=1S/C17H27N3O3S/c1-18-16(19-12-17(24-4)7-9-23-10-8-17)20-13-5-6-14(21-2)15(11-13)22-3/h5-6,11H,7-10,12H2,1-4H3,(H2,18,19,20). The van der Waals surface area contributed by atoms with E-state index in [1.807, 2.05) is 30.0 Å². The van der Waals surface area contributed by atoms with Gasteiger partial charge in [0.1, 0.15) is 0 Å². The van der Waals surface area contributed by atoms with Gasteiger partial charge in [0.25, 0.3) is 0 Å². The minimum atomic E-state index is 0.202. The smallest absolute Gasteiger partial charge is 0.195 e. The van der Waals surface area contributed by atoms with E-state index in [4.69, 9.17) is 14.2 Å². The predicted octanol–water partition coefficient (Wildman–Crippen LogP) is 2.60. The Morgan fingerprint density at radius 2 is 1.96 bits per heavy atom. The Balaban J connectivity index is 1.99. The molecule has 2 rings (SSSR count). The monoisotopic (exact) mass is 353 g/mol. The third-order valence-electron chi connectivity index (χ3n) is 4.28. The number of aliphatic imine (C=N–C) groups is 1. The summed E-state index contributed by atoms with van der Waals surface area (Å²) in [6.07, 6.45) is 4.26. The highest BCUT2D eigenvalue weighted by molar-refractivity contribution is 8.00. The Kier molecular flexibility index (Phi) is 7.05. The molecule has 6 nitrogen and oxygen atoms in total. The average molecular weight is 353 g/mol. The molecule has 7 heteroatoms. The van der Waals surface area contributed by atoms with Gasteiger partial charge in [-0.05, 0) is 31.2 Å². The zero-order chi connectivity index (χ0) is 17.4. The van der Waals surface area contributed by atoms with Crippen molar-refractivity contribution in [1.82, 2.24) is 5.32 Å². The number of thioether (sulfide) groups is 1. The molecule has 1 aromatic rings. The lowest BCUT2D eigenvalue weighted by Crippen LogP contribution is -2.45. The van der Waals surface area contributed by atoms with E-state index in [1.165, 1.54) is 0 Å². The van der Waals surface area contributed by atoms with E-state index >= 15 is 0 Å². The fraction of sp³-hybridized carbons (Fsp3) is 0.588. The van der Waals surface area contributed by atoms with Gasteiger partial charge >= 0.3 is 0 Å². The van der Waals surface area contributed by atoms with Crippen LogP contribution >= 0.6 is 11.8 Å². The topological polar surface area (TPSA) is 64.1 Å². The van der Waals surface area contributed by atoms with Crippen LogP contribution in [-0.4, -0.2) is 58.0 Å². The summed E-state index contributed by atoms with van der Waals surface area (Å²) < 4.78 is 16.3. The Morgan fingerprint density at radius 1 is 1.25 bits per heavy atom. The molecule has 0 saturated carbocycles. The average Bonchev–Trinajstić information content (AvgIpc) is 2.65. The van der Waals surface area contributed by atoms with Crippen LogP contribution in [0.25, 0.3) is 0 Å². The molecule has 1 heterocycles. The van der Waals surface area contributed by atoms with Crippen molar-refractivity contribution in [2.24, 2.45) is 4.99 Å². The van der Waals surface area contributed by atoms with E-state index in [9.17, 15) is 0 Å². The molecule has 0 radical (unpaired) electrons. The summed E-state index contributed by atoms with van der Waals surface area (Å²) in [7, 11) is 5.02. The van der Waals surface area contributed by atoms with E-state index in [1.54, 1.807) is 21.3 Å². The fourth-order valence-electron chi connectivity index (χ4n) is 2.67. The summed E-state index contributed by atoms with van der Waals surface area (Å²) in [4.78, 5) is 4.31.